The van der Waals surface area contributed by atoms with E-state index in [2.05, 4.69) is 24.3 Å². The highest BCUT2D eigenvalue weighted by Crippen LogP contribution is 2.38. The SMILES string of the molecule is O=C(O)CCC(=O)N1CC(C(=O)O)Oc2c(C=Cc3ccc(OCCCCc4ccccc4)cc3)cccc21. The summed E-state index contributed by atoms with van der Waals surface area (Å²) in [4.78, 5) is 36.6. The van der Waals surface area contributed by atoms with Crippen LogP contribution < -0.4 is 14.4 Å². The van der Waals surface area contributed by atoms with Gasteiger partial charge in [-0.3, -0.25) is 9.59 Å². The van der Waals surface area contributed by atoms with E-state index < -0.39 is 23.9 Å². The van der Waals surface area contributed by atoms with E-state index >= 15 is 0 Å². The van der Waals surface area contributed by atoms with Crippen LogP contribution in [0.15, 0.2) is 72.8 Å². The predicted octanol–water partition coefficient (Wildman–Crippen LogP) is 5.30. The minimum Gasteiger partial charge on any atom is -0.494 e. The molecular formula is C31H31NO7. The van der Waals surface area contributed by atoms with Crippen LogP contribution in [0.4, 0.5) is 5.69 Å². The molecule has 0 radical (unpaired) electrons. The molecule has 0 saturated heterocycles. The predicted molar refractivity (Wildman–Crippen MR) is 148 cm³/mol. The van der Waals surface area contributed by atoms with E-state index in [1.165, 1.54) is 10.5 Å². The van der Waals surface area contributed by atoms with Crippen molar-refractivity contribution in [2.45, 2.75) is 38.2 Å². The molecule has 1 aliphatic rings. The number of aliphatic carboxylic acids is 2. The molecule has 3 aromatic carbocycles. The van der Waals surface area contributed by atoms with Gasteiger partial charge in [-0.25, -0.2) is 4.79 Å². The number of aryl methyl sites for hydroxylation is 1. The van der Waals surface area contributed by atoms with Crippen LogP contribution in [-0.2, 0) is 20.8 Å². The maximum atomic E-state index is 12.7. The topological polar surface area (TPSA) is 113 Å². The molecule has 39 heavy (non-hydrogen) atoms. The van der Waals surface area contributed by atoms with Crippen molar-refractivity contribution in [3.8, 4) is 11.5 Å². The average Bonchev–Trinajstić information content (AvgIpc) is 2.95. The number of unbranched alkanes of at least 4 members (excludes halogenated alkanes) is 1. The van der Waals surface area contributed by atoms with E-state index in [0.29, 0.717) is 17.9 Å². The normalized spacial score (nSPS) is 14.5. The van der Waals surface area contributed by atoms with Gasteiger partial charge in [0.15, 0.2) is 5.75 Å². The Morgan fingerprint density at radius 2 is 1.67 bits per heavy atom. The summed E-state index contributed by atoms with van der Waals surface area (Å²) in [6.45, 7) is 0.448. The molecule has 1 atom stereocenters. The minimum absolute atomic E-state index is 0.193. The quantitative estimate of drug-likeness (QED) is 0.242. The summed E-state index contributed by atoms with van der Waals surface area (Å²) >= 11 is 0. The fourth-order valence-electron chi connectivity index (χ4n) is 4.30. The van der Waals surface area contributed by atoms with Crippen molar-refractivity contribution >= 4 is 35.7 Å². The van der Waals surface area contributed by atoms with Crippen LogP contribution in [0.3, 0.4) is 0 Å². The third-order valence-corrected chi connectivity index (χ3v) is 6.36. The number of nitrogens with zero attached hydrogens (tertiary/aromatic N) is 1. The average molecular weight is 530 g/mol. The van der Waals surface area contributed by atoms with Crippen molar-refractivity contribution in [1.82, 2.24) is 0 Å². The standard InChI is InChI=1S/C31H31NO7/c33-28(18-19-29(34)35)32-21-27(31(36)37)39-30-24(10-6-11-26(30)32)15-12-23-13-16-25(17-14-23)38-20-5-4-9-22-7-2-1-3-8-22/h1-3,6-8,10-17,27H,4-5,9,18-21H2,(H,34,35)(H,36,37). The van der Waals surface area contributed by atoms with Crippen molar-refractivity contribution in [2.75, 3.05) is 18.1 Å². The zero-order valence-electron chi connectivity index (χ0n) is 21.5. The molecule has 4 rings (SSSR count). The molecule has 202 valence electrons. The molecule has 8 nitrogen and oxygen atoms in total. The van der Waals surface area contributed by atoms with E-state index in [1.54, 1.807) is 24.3 Å². The van der Waals surface area contributed by atoms with Gasteiger partial charge < -0.3 is 24.6 Å². The first kappa shape index (κ1) is 27.4. The molecule has 1 amide bonds. The van der Waals surface area contributed by atoms with Crippen LogP contribution in [0.1, 0.15) is 42.4 Å². The Morgan fingerprint density at radius 1 is 0.897 bits per heavy atom. The number of para-hydroxylation sites is 1. The van der Waals surface area contributed by atoms with Crippen LogP contribution in [0, 0.1) is 0 Å². The smallest absolute Gasteiger partial charge is 0.346 e. The summed E-state index contributed by atoms with van der Waals surface area (Å²) in [7, 11) is 0. The van der Waals surface area contributed by atoms with Crippen molar-refractivity contribution in [2.24, 2.45) is 0 Å². The molecule has 1 aliphatic heterocycles. The van der Waals surface area contributed by atoms with Gasteiger partial charge >= 0.3 is 11.9 Å². The molecule has 1 unspecified atom stereocenters. The Hall–Kier alpha value is -4.59. The molecule has 0 spiro atoms. The summed E-state index contributed by atoms with van der Waals surface area (Å²) in [6.07, 6.45) is 4.88. The highest BCUT2D eigenvalue weighted by Gasteiger charge is 2.34. The molecule has 2 N–H and O–H groups in total. The van der Waals surface area contributed by atoms with Gasteiger partial charge in [0, 0.05) is 12.0 Å². The first-order valence-electron chi connectivity index (χ1n) is 12.9. The number of amides is 1. The monoisotopic (exact) mass is 529 g/mol. The van der Waals surface area contributed by atoms with Gasteiger partial charge in [-0.15, -0.1) is 0 Å². The van der Waals surface area contributed by atoms with Crippen molar-refractivity contribution < 1.29 is 34.1 Å². The van der Waals surface area contributed by atoms with Gasteiger partial charge in [0.05, 0.1) is 25.3 Å². The molecule has 1 heterocycles. The Labute approximate surface area is 227 Å². The number of hydrogen-bond donors (Lipinski definition) is 2. The number of hydrogen-bond acceptors (Lipinski definition) is 5. The fraction of sp³-hybridized carbons (Fsp3) is 0.258. The fourth-order valence-corrected chi connectivity index (χ4v) is 4.30. The van der Waals surface area contributed by atoms with Crippen molar-refractivity contribution in [3.63, 3.8) is 0 Å². The number of carboxylic acid groups (broad SMARTS) is 2. The summed E-state index contributed by atoms with van der Waals surface area (Å²) < 4.78 is 11.6. The lowest BCUT2D eigenvalue weighted by molar-refractivity contribution is -0.145. The summed E-state index contributed by atoms with van der Waals surface area (Å²) in [5, 5.41) is 18.5. The van der Waals surface area contributed by atoms with E-state index in [9.17, 15) is 19.5 Å². The maximum Gasteiger partial charge on any atom is 0.346 e. The van der Waals surface area contributed by atoms with Crippen LogP contribution in [-0.4, -0.2) is 47.3 Å². The van der Waals surface area contributed by atoms with Crippen LogP contribution in [0.2, 0.25) is 0 Å². The first-order chi connectivity index (χ1) is 18.9. The zero-order chi connectivity index (χ0) is 27.6. The van der Waals surface area contributed by atoms with Crippen LogP contribution in [0.25, 0.3) is 12.2 Å². The summed E-state index contributed by atoms with van der Waals surface area (Å²) in [6, 6.07) is 23.2. The zero-order valence-corrected chi connectivity index (χ0v) is 21.5. The molecular weight excluding hydrogens is 498 g/mol. The van der Waals surface area contributed by atoms with Gasteiger partial charge in [0.25, 0.3) is 0 Å². The molecule has 0 fully saturated rings. The van der Waals surface area contributed by atoms with Crippen LogP contribution in [0.5, 0.6) is 11.5 Å². The molecule has 0 aliphatic carbocycles. The second-order valence-corrected chi connectivity index (χ2v) is 9.23. The van der Waals surface area contributed by atoms with E-state index in [1.807, 2.05) is 36.4 Å². The lowest BCUT2D eigenvalue weighted by Gasteiger charge is -2.34. The number of rotatable bonds is 12. The largest absolute Gasteiger partial charge is 0.494 e. The third-order valence-electron chi connectivity index (χ3n) is 6.36. The molecule has 0 aromatic heterocycles. The lowest BCUT2D eigenvalue weighted by Crippen LogP contribution is -2.47. The summed E-state index contributed by atoms with van der Waals surface area (Å²) in [5.41, 5.74) is 3.26. The Balaban J connectivity index is 1.39. The van der Waals surface area contributed by atoms with E-state index in [-0.39, 0.29) is 25.1 Å². The number of carboxylic acids is 2. The maximum absolute atomic E-state index is 12.7. The van der Waals surface area contributed by atoms with Gasteiger partial charge in [0.1, 0.15) is 5.75 Å². The number of fused-ring (bicyclic) bond motifs is 1. The lowest BCUT2D eigenvalue weighted by atomic mass is 10.1. The number of benzene rings is 3. The van der Waals surface area contributed by atoms with Crippen LogP contribution >= 0.6 is 0 Å². The Morgan fingerprint density at radius 3 is 2.38 bits per heavy atom. The highest BCUT2D eigenvalue weighted by molar-refractivity contribution is 5.98. The minimum atomic E-state index is -1.26. The first-order valence-corrected chi connectivity index (χ1v) is 12.9. The number of anilines is 1. The second kappa shape index (κ2) is 13.3. The Kier molecular flexibility index (Phi) is 9.34. The number of carbonyl (C=O) groups is 3. The summed E-state index contributed by atoms with van der Waals surface area (Å²) in [5.74, 6) is -1.71. The molecule has 3 aromatic rings. The van der Waals surface area contributed by atoms with Gasteiger partial charge in [-0.05, 0) is 48.6 Å². The molecule has 8 heteroatoms. The number of ether oxygens (including phenoxy) is 2. The third kappa shape index (κ3) is 7.70. The van der Waals surface area contributed by atoms with Gasteiger partial charge in [-0.2, -0.15) is 0 Å². The highest BCUT2D eigenvalue weighted by atomic mass is 16.5. The second-order valence-electron chi connectivity index (χ2n) is 9.23. The van der Waals surface area contributed by atoms with Crippen molar-refractivity contribution in [3.05, 3.63) is 89.5 Å². The van der Waals surface area contributed by atoms with Gasteiger partial charge in [0.2, 0.25) is 12.0 Å². The van der Waals surface area contributed by atoms with Gasteiger partial charge in [-0.1, -0.05) is 66.7 Å². The van der Waals surface area contributed by atoms with E-state index in [4.69, 9.17) is 14.6 Å². The molecule has 0 saturated carbocycles. The number of carbonyl (C=O) groups excluding carboxylic acids is 1. The molecule has 0 bridgehead atoms. The van der Waals surface area contributed by atoms with Crippen molar-refractivity contribution in [1.29, 1.82) is 0 Å². The van der Waals surface area contributed by atoms with E-state index in [0.717, 1.165) is 30.6 Å². The Bertz CT molecular complexity index is 1320.